The van der Waals surface area contributed by atoms with Crippen molar-refractivity contribution < 1.29 is 19.2 Å². The molecule has 0 unspecified atom stereocenters. The maximum Gasteiger partial charge on any atom is 0.314 e. The zero-order chi connectivity index (χ0) is 16.6. The minimum Gasteiger partial charge on any atom is -0.502 e. The van der Waals surface area contributed by atoms with Crippen LogP contribution in [0.15, 0.2) is 22.0 Å². The fourth-order valence-corrected chi connectivity index (χ4v) is 3.39. The number of nitro groups is 1. The summed E-state index contributed by atoms with van der Waals surface area (Å²) in [6.07, 6.45) is 3.29. The van der Waals surface area contributed by atoms with Crippen LogP contribution in [-0.2, 0) is 4.79 Å². The van der Waals surface area contributed by atoms with Crippen LogP contribution < -0.4 is 0 Å². The highest BCUT2D eigenvalue weighted by Gasteiger charge is 2.28. The lowest BCUT2D eigenvalue weighted by Crippen LogP contribution is -2.23. The summed E-state index contributed by atoms with van der Waals surface area (Å²) in [6.45, 7) is 1.65. The number of hydrogen-bond acceptors (Lipinski definition) is 6. The number of nitro benzene ring substituents is 1. The van der Waals surface area contributed by atoms with E-state index < -0.39 is 28.1 Å². The van der Waals surface area contributed by atoms with Gasteiger partial charge in [0, 0.05) is 18.7 Å². The molecule has 0 atom stereocenters. The Labute approximate surface area is 134 Å². The van der Waals surface area contributed by atoms with Gasteiger partial charge in [0.25, 0.3) is 5.91 Å². The Kier molecular flexibility index (Phi) is 4.03. The van der Waals surface area contributed by atoms with Gasteiger partial charge < -0.3 is 10.0 Å². The second-order valence-electron chi connectivity index (χ2n) is 5.12. The molecule has 0 aromatic heterocycles. The molecule has 120 valence electrons. The number of thioether (sulfide) groups is 1. The quantitative estimate of drug-likeness (QED) is 0.506. The number of amidine groups is 1. The molecule has 2 aliphatic heterocycles. The van der Waals surface area contributed by atoms with Gasteiger partial charge in [-0.3, -0.25) is 14.9 Å². The fraction of sp³-hybridized carbons (Fsp3) is 0.286. The van der Waals surface area contributed by atoms with Crippen LogP contribution in [-0.4, -0.2) is 39.1 Å². The molecule has 1 N–H and O–H groups in total. The van der Waals surface area contributed by atoms with Crippen molar-refractivity contribution in [3.63, 3.8) is 0 Å². The van der Waals surface area contributed by atoms with E-state index in [1.165, 1.54) is 6.08 Å². The topological polar surface area (TPSA) is 96.0 Å². The lowest BCUT2D eigenvalue weighted by atomic mass is 10.1. The Morgan fingerprint density at radius 1 is 1.39 bits per heavy atom. The molecule has 0 radical (unpaired) electrons. The average Bonchev–Trinajstić information content (AvgIpc) is 3.12. The van der Waals surface area contributed by atoms with Gasteiger partial charge in [-0.15, -0.1) is 0 Å². The van der Waals surface area contributed by atoms with Crippen molar-refractivity contribution in [1.82, 2.24) is 4.90 Å². The number of hydrogen-bond donors (Lipinski definition) is 1. The number of aliphatic imine (C=N–C) groups is 1. The van der Waals surface area contributed by atoms with Crippen molar-refractivity contribution in [3.8, 4) is 5.75 Å². The zero-order valence-corrected chi connectivity index (χ0v) is 12.7. The Bertz CT molecular complexity index is 757. The summed E-state index contributed by atoms with van der Waals surface area (Å²) in [5, 5.41) is 21.3. The molecule has 1 aromatic carbocycles. The third-order valence-electron chi connectivity index (χ3n) is 3.55. The number of nitrogens with zero attached hydrogens (tertiary/aromatic N) is 3. The number of rotatable bonds is 2. The largest absolute Gasteiger partial charge is 0.502 e. The lowest BCUT2D eigenvalue weighted by molar-refractivity contribution is -0.386. The SMILES string of the molecule is O=C1N=C(N2CCCC2)S/C1=C\c1cc(F)cc([N+](=O)[O-])c1O. The maximum atomic E-state index is 13.5. The van der Waals surface area contributed by atoms with Crippen LogP contribution in [0, 0.1) is 15.9 Å². The van der Waals surface area contributed by atoms with Crippen LogP contribution >= 0.6 is 11.8 Å². The molecular weight excluding hydrogens is 325 g/mol. The Morgan fingerprint density at radius 3 is 2.74 bits per heavy atom. The molecule has 3 rings (SSSR count). The summed E-state index contributed by atoms with van der Waals surface area (Å²) in [5.41, 5.74) is -0.863. The number of carbonyl (C=O) groups excluding carboxylic acids is 1. The predicted molar refractivity (Wildman–Crippen MR) is 83.5 cm³/mol. The molecule has 2 aliphatic rings. The van der Waals surface area contributed by atoms with Crippen LogP contribution in [0.25, 0.3) is 6.08 Å². The summed E-state index contributed by atoms with van der Waals surface area (Å²) in [7, 11) is 0. The van der Waals surface area contributed by atoms with Gasteiger partial charge in [0.1, 0.15) is 5.82 Å². The van der Waals surface area contributed by atoms with Crippen molar-refractivity contribution in [2.45, 2.75) is 12.8 Å². The smallest absolute Gasteiger partial charge is 0.314 e. The normalized spacial score (nSPS) is 19.5. The Balaban J connectivity index is 1.91. The van der Waals surface area contributed by atoms with E-state index in [0.717, 1.165) is 43.8 Å². The van der Waals surface area contributed by atoms with Gasteiger partial charge in [0.2, 0.25) is 5.75 Å². The van der Waals surface area contributed by atoms with Gasteiger partial charge in [-0.1, -0.05) is 0 Å². The average molecular weight is 337 g/mol. The number of likely N-dealkylation sites (tertiary alicyclic amines) is 1. The third-order valence-corrected chi connectivity index (χ3v) is 4.60. The van der Waals surface area contributed by atoms with Gasteiger partial charge in [-0.2, -0.15) is 4.99 Å². The van der Waals surface area contributed by atoms with Crippen LogP contribution in [0.1, 0.15) is 18.4 Å². The summed E-state index contributed by atoms with van der Waals surface area (Å²) in [4.78, 5) is 28.0. The van der Waals surface area contributed by atoms with Crippen molar-refractivity contribution in [3.05, 3.63) is 38.5 Å². The first-order chi connectivity index (χ1) is 11.0. The first kappa shape index (κ1) is 15.5. The van der Waals surface area contributed by atoms with Gasteiger partial charge in [0.05, 0.1) is 15.9 Å². The van der Waals surface area contributed by atoms with Gasteiger partial charge in [-0.25, -0.2) is 4.39 Å². The van der Waals surface area contributed by atoms with Crippen molar-refractivity contribution in [1.29, 1.82) is 0 Å². The number of phenols is 1. The Hall–Kier alpha value is -2.42. The molecule has 23 heavy (non-hydrogen) atoms. The van der Waals surface area contributed by atoms with Crippen molar-refractivity contribution >= 4 is 34.6 Å². The van der Waals surface area contributed by atoms with Crippen LogP contribution in [0.5, 0.6) is 5.75 Å². The number of aromatic hydroxyl groups is 1. The predicted octanol–water partition coefficient (Wildman–Crippen LogP) is 2.51. The molecule has 9 heteroatoms. The summed E-state index contributed by atoms with van der Waals surface area (Å²) in [5.74, 6) is -2.03. The summed E-state index contributed by atoms with van der Waals surface area (Å²) < 4.78 is 13.5. The van der Waals surface area contributed by atoms with E-state index in [2.05, 4.69) is 4.99 Å². The molecule has 0 saturated carbocycles. The number of amides is 1. The highest BCUT2D eigenvalue weighted by Crippen LogP contribution is 2.36. The summed E-state index contributed by atoms with van der Waals surface area (Å²) >= 11 is 1.12. The highest BCUT2D eigenvalue weighted by molar-refractivity contribution is 8.18. The first-order valence-corrected chi connectivity index (χ1v) is 7.72. The van der Waals surface area contributed by atoms with E-state index in [1.54, 1.807) is 0 Å². The van der Waals surface area contributed by atoms with E-state index in [9.17, 15) is 24.4 Å². The lowest BCUT2D eigenvalue weighted by Gasteiger charge is -2.14. The van der Waals surface area contributed by atoms with Gasteiger partial charge >= 0.3 is 5.69 Å². The number of benzene rings is 1. The molecule has 0 aliphatic carbocycles. The third kappa shape index (κ3) is 3.04. The Morgan fingerprint density at radius 2 is 2.09 bits per heavy atom. The molecule has 1 amide bonds. The van der Waals surface area contributed by atoms with Crippen molar-refractivity contribution in [2.24, 2.45) is 4.99 Å². The zero-order valence-electron chi connectivity index (χ0n) is 11.9. The molecule has 2 heterocycles. The number of halogens is 1. The van der Waals surface area contributed by atoms with E-state index in [4.69, 9.17) is 0 Å². The second-order valence-corrected chi connectivity index (χ2v) is 6.13. The molecule has 1 saturated heterocycles. The maximum absolute atomic E-state index is 13.5. The first-order valence-electron chi connectivity index (χ1n) is 6.90. The van der Waals surface area contributed by atoms with E-state index in [1.807, 2.05) is 4.90 Å². The monoisotopic (exact) mass is 337 g/mol. The van der Waals surface area contributed by atoms with Crippen LogP contribution in [0.4, 0.5) is 10.1 Å². The standard InChI is InChI=1S/C14H12FN3O4S/c15-9-5-8(12(19)10(7-9)18(21)22)6-11-13(20)16-14(23-11)17-3-1-2-4-17/h5-7,19H,1-4H2/b11-6-. The summed E-state index contributed by atoms with van der Waals surface area (Å²) in [6, 6.07) is 1.57. The number of phenolic OH excluding ortho intramolecular Hbond substituents is 1. The van der Waals surface area contributed by atoms with Gasteiger partial charge in [0.15, 0.2) is 5.17 Å². The number of carbonyl (C=O) groups is 1. The van der Waals surface area contributed by atoms with E-state index >= 15 is 0 Å². The van der Waals surface area contributed by atoms with Crippen molar-refractivity contribution in [2.75, 3.05) is 13.1 Å². The molecule has 7 nitrogen and oxygen atoms in total. The fourth-order valence-electron chi connectivity index (χ4n) is 2.44. The molecule has 0 bridgehead atoms. The second kappa shape index (κ2) is 5.99. The van der Waals surface area contributed by atoms with Crippen LogP contribution in [0.3, 0.4) is 0 Å². The van der Waals surface area contributed by atoms with Crippen LogP contribution in [0.2, 0.25) is 0 Å². The van der Waals surface area contributed by atoms with E-state index in [-0.39, 0.29) is 10.5 Å². The van der Waals surface area contributed by atoms with Gasteiger partial charge in [-0.05, 0) is 36.7 Å². The molecule has 1 fully saturated rings. The molecule has 0 spiro atoms. The highest BCUT2D eigenvalue weighted by atomic mass is 32.2. The molecular formula is C14H12FN3O4S. The molecule has 1 aromatic rings. The van der Waals surface area contributed by atoms with E-state index in [0.29, 0.717) is 11.2 Å². The minimum atomic E-state index is -0.879. The minimum absolute atomic E-state index is 0.120.